The Labute approximate surface area is 195 Å². The van der Waals surface area contributed by atoms with Gasteiger partial charge in [0.1, 0.15) is 18.1 Å². The standard InChI is InChI=1S/C22H40N4O5S/c1-6-14(4)18(21(29)24-16(22(30)31)9-11-32-5)26-20(28)17(12-13(2)3)25-19(27)15-8-7-10-23-15/h13-18,23H,6-12H2,1-5H3,(H,24,29)(H,25,27)(H,26,28)(H,30,31). The molecule has 32 heavy (non-hydrogen) atoms. The number of thioether (sulfide) groups is 1. The van der Waals surface area contributed by atoms with E-state index < -0.39 is 35.9 Å². The molecule has 0 radical (unpaired) electrons. The lowest BCUT2D eigenvalue weighted by Crippen LogP contribution is -2.58. The zero-order valence-electron chi connectivity index (χ0n) is 19.9. The van der Waals surface area contributed by atoms with Crippen molar-refractivity contribution >= 4 is 35.5 Å². The van der Waals surface area contributed by atoms with Crippen LogP contribution in [0.4, 0.5) is 0 Å². The quantitative estimate of drug-likeness (QED) is 0.255. The van der Waals surface area contributed by atoms with Crippen molar-refractivity contribution in [3.05, 3.63) is 0 Å². The molecule has 1 rings (SSSR count). The van der Waals surface area contributed by atoms with Crippen LogP contribution in [0, 0.1) is 11.8 Å². The second-order valence-electron chi connectivity index (χ2n) is 8.89. The number of carboxylic acids is 1. The lowest BCUT2D eigenvalue weighted by Gasteiger charge is -2.28. The topological polar surface area (TPSA) is 137 Å². The van der Waals surface area contributed by atoms with Crippen molar-refractivity contribution in [3.63, 3.8) is 0 Å². The summed E-state index contributed by atoms with van der Waals surface area (Å²) in [5, 5.41) is 20.8. The molecule has 5 unspecified atom stereocenters. The molecule has 5 atom stereocenters. The van der Waals surface area contributed by atoms with Gasteiger partial charge in [-0.2, -0.15) is 11.8 Å². The summed E-state index contributed by atoms with van der Waals surface area (Å²) in [6.07, 6.45) is 4.86. The maximum absolute atomic E-state index is 13.1. The van der Waals surface area contributed by atoms with E-state index in [1.807, 2.05) is 34.0 Å². The molecular weight excluding hydrogens is 432 g/mol. The van der Waals surface area contributed by atoms with E-state index in [2.05, 4.69) is 21.3 Å². The first-order valence-electron chi connectivity index (χ1n) is 11.5. The Morgan fingerprint density at radius 3 is 2.25 bits per heavy atom. The van der Waals surface area contributed by atoms with Crippen LogP contribution in [-0.2, 0) is 19.2 Å². The van der Waals surface area contributed by atoms with Gasteiger partial charge in [-0.25, -0.2) is 4.79 Å². The van der Waals surface area contributed by atoms with Gasteiger partial charge in [0.15, 0.2) is 0 Å². The van der Waals surface area contributed by atoms with Gasteiger partial charge in [0.05, 0.1) is 6.04 Å². The summed E-state index contributed by atoms with van der Waals surface area (Å²) in [7, 11) is 0. The number of carbonyl (C=O) groups excluding carboxylic acids is 3. The minimum absolute atomic E-state index is 0.154. The van der Waals surface area contributed by atoms with Crippen LogP contribution in [0.1, 0.15) is 59.8 Å². The number of hydrogen-bond donors (Lipinski definition) is 5. The average molecular weight is 473 g/mol. The van der Waals surface area contributed by atoms with Crippen molar-refractivity contribution in [1.29, 1.82) is 0 Å². The minimum atomic E-state index is -1.10. The summed E-state index contributed by atoms with van der Waals surface area (Å²) >= 11 is 1.50. The van der Waals surface area contributed by atoms with Crippen LogP contribution < -0.4 is 21.3 Å². The maximum atomic E-state index is 13.1. The van der Waals surface area contributed by atoms with Crippen molar-refractivity contribution in [1.82, 2.24) is 21.3 Å². The second-order valence-corrected chi connectivity index (χ2v) is 9.88. The normalized spacial score (nSPS) is 19.6. The van der Waals surface area contributed by atoms with E-state index in [1.165, 1.54) is 11.8 Å². The van der Waals surface area contributed by atoms with E-state index in [0.717, 1.165) is 19.4 Å². The Balaban J connectivity index is 2.92. The highest BCUT2D eigenvalue weighted by atomic mass is 32.2. The summed E-state index contributed by atoms with van der Waals surface area (Å²) < 4.78 is 0. The number of hydrogen-bond acceptors (Lipinski definition) is 6. The van der Waals surface area contributed by atoms with Gasteiger partial charge in [0.2, 0.25) is 17.7 Å². The van der Waals surface area contributed by atoms with E-state index >= 15 is 0 Å². The summed E-state index contributed by atoms with van der Waals surface area (Å²) in [5.41, 5.74) is 0. The molecule has 0 aliphatic carbocycles. The predicted molar refractivity (Wildman–Crippen MR) is 126 cm³/mol. The van der Waals surface area contributed by atoms with Gasteiger partial charge >= 0.3 is 5.97 Å². The van der Waals surface area contributed by atoms with Crippen molar-refractivity contribution in [2.24, 2.45) is 11.8 Å². The van der Waals surface area contributed by atoms with Crippen LogP contribution in [0.3, 0.4) is 0 Å². The highest BCUT2D eigenvalue weighted by Crippen LogP contribution is 2.13. The number of rotatable bonds is 14. The molecule has 1 aliphatic heterocycles. The smallest absolute Gasteiger partial charge is 0.326 e. The largest absolute Gasteiger partial charge is 0.480 e. The molecule has 0 bridgehead atoms. The number of carboxylic acid groups (broad SMARTS) is 1. The third kappa shape index (κ3) is 9.36. The van der Waals surface area contributed by atoms with Crippen molar-refractivity contribution in [2.75, 3.05) is 18.6 Å². The molecule has 1 aliphatic rings. The van der Waals surface area contributed by atoms with Gasteiger partial charge in [-0.05, 0) is 56.1 Å². The highest BCUT2D eigenvalue weighted by Gasteiger charge is 2.33. The average Bonchev–Trinajstić information content (AvgIpc) is 3.28. The van der Waals surface area contributed by atoms with Crippen molar-refractivity contribution < 1.29 is 24.3 Å². The van der Waals surface area contributed by atoms with Crippen LogP contribution in [0.25, 0.3) is 0 Å². The van der Waals surface area contributed by atoms with E-state index in [-0.39, 0.29) is 23.8 Å². The number of carbonyl (C=O) groups is 4. The molecule has 1 heterocycles. The first-order valence-corrected chi connectivity index (χ1v) is 12.9. The Morgan fingerprint density at radius 2 is 1.75 bits per heavy atom. The lowest BCUT2D eigenvalue weighted by atomic mass is 9.96. The molecule has 0 saturated carbocycles. The minimum Gasteiger partial charge on any atom is -0.480 e. The molecule has 10 heteroatoms. The Morgan fingerprint density at radius 1 is 1.06 bits per heavy atom. The zero-order chi connectivity index (χ0) is 24.3. The molecule has 1 saturated heterocycles. The van der Waals surface area contributed by atoms with Crippen molar-refractivity contribution in [2.45, 2.75) is 84.0 Å². The third-order valence-electron chi connectivity index (χ3n) is 5.74. The second kappa shape index (κ2) is 14.4. The molecule has 0 aromatic rings. The van der Waals surface area contributed by atoms with Crippen LogP contribution in [0.15, 0.2) is 0 Å². The molecule has 9 nitrogen and oxygen atoms in total. The third-order valence-corrected chi connectivity index (χ3v) is 6.38. The molecule has 1 fully saturated rings. The van der Waals surface area contributed by atoms with Gasteiger partial charge in [-0.1, -0.05) is 34.1 Å². The fraction of sp³-hybridized carbons (Fsp3) is 0.818. The summed E-state index contributed by atoms with van der Waals surface area (Å²) in [4.78, 5) is 50.2. The monoisotopic (exact) mass is 472 g/mol. The molecule has 5 N–H and O–H groups in total. The van der Waals surface area contributed by atoms with Crippen LogP contribution in [-0.4, -0.2) is 71.5 Å². The molecule has 0 aromatic carbocycles. The van der Waals surface area contributed by atoms with Gasteiger partial charge in [0, 0.05) is 0 Å². The number of amides is 3. The van der Waals surface area contributed by atoms with Crippen LogP contribution in [0.5, 0.6) is 0 Å². The fourth-order valence-electron chi connectivity index (χ4n) is 3.59. The molecule has 0 aromatic heterocycles. The summed E-state index contributed by atoms with van der Waals surface area (Å²) in [5.74, 6) is -1.72. The van der Waals surface area contributed by atoms with E-state index in [9.17, 15) is 24.3 Å². The highest BCUT2D eigenvalue weighted by molar-refractivity contribution is 7.98. The first kappa shape index (κ1) is 28.2. The SMILES string of the molecule is CCC(C)C(NC(=O)C(CC(C)C)NC(=O)C1CCCN1)C(=O)NC(CCSC)C(=O)O. The fourth-order valence-corrected chi connectivity index (χ4v) is 4.07. The molecule has 3 amide bonds. The van der Waals surface area contributed by atoms with Crippen LogP contribution in [0.2, 0.25) is 0 Å². The van der Waals surface area contributed by atoms with Gasteiger partial charge < -0.3 is 26.4 Å². The van der Waals surface area contributed by atoms with E-state index in [0.29, 0.717) is 25.0 Å². The maximum Gasteiger partial charge on any atom is 0.326 e. The predicted octanol–water partition coefficient (Wildman–Crippen LogP) is 1.12. The Bertz CT molecular complexity index is 640. The first-order chi connectivity index (χ1) is 15.1. The zero-order valence-corrected chi connectivity index (χ0v) is 20.7. The number of nitrogens with one attached hydrogen (secondary N) is 4. The lowest BCUT2D eigenvalue weighted by molar-refractivity contribution is -0.142. The number of aliphatic carboxylic acids is 1. The molecule has 184 valence electrons. The molecule has 0 spiro atoms. The van der Waals surface area contributed by atoms with Gasteiger partial charge in [-0.15, -0.1) is 0 Å². The Hall–Kier alpha value is -1.81. The van der Waals surface area contributed by atoms with Gasteiger partial charge in [0.25, 0.3) is 0 Å². The summed E-state index contributed by atoms with van der Waals surface area (Å²) in [6.45, 7) is 8.43. The Kier molecular flexibility index (Phi) is 12.7. The molecular formula is C22H40N4O5S. The van der Waals surface area contributed by atoms with E-state index in [1.54, 1.807) is 0 Å². The summed E-state index contributed by atoms with van der Waals surface area (Å²) in [6, 6.07) is -2.98. The van der Waals surface area contributed by atoms with Gasteiger partial charge in [-0.3, -0.25) is 14.4 Å². The van der Waals surface area contributed by atoms with E-state index in [4.69, 9.17) is 0 Å². The van der Waals surface area contributed by atoms with Crippen LogP contribution >= 0.6 is 11.8 Å². The van der Waals surface area contributed by atoms with Crippen molar-refractivity contribution in [3.8, 4) is 0 Å².